The van der Waals surface area contributed by atoms with E-state index in [0.717, 1.165) is 0 Å². The van der Waals surface area contributed by atoms with Crippen molar-refractivity contribution in [2.75, 3.05) is 18.4 Å². The van der Waals surface area contributed by atoms with Gasteiger partial charge in [-0.3, -0.25) is 0 Å². The molecule has 0 saturated heterocycles. The van der Waals surface area contributed by atoms with E-state index in [4.69, 9.17) is 43.6 Å². The number of furan rings is 2. The summed E-state index contributed by atoms with van der Waals surface area (Å²) in [5.41, 5.74) is 5.77. The van der Waals surface area contributed by atoms with Crippen LogP contribution in [0.1, 0.15) is 0 Å². The molecule has 0 aliphatic carbocycles. The standard InChI is InChI=1S/C8H5ClF3N3O.C6H2Cl2N2O.C2H4F3N/c9-7-14-4-1-2-16-5(4)6(15-7)13-3-8(10,11)12;7-5-4-3(1-2-11-4)9-6(8)10-5;3-2(4,5)1-6/h1-2H,3H2,(H,13,14,15);1-2H;1,6H2. The van der Waals surface area contributed by atoms with Crippen molar-refractivity contribution in [2.24, 2.45) is 5.73 Å². The van der Waals surface area contributed by atoms with Gasteiger partial charge in [-0.05, 0) is 23.2 Å². The van der Waals surface area contributed by atoms with E-state index in [1.165, 1.54) is 18.6 Å². The Morgan fingerprint density at radius 2 is 1.27 bits per heavy atom. The second-order valence-corrected chi connectivity index (χ2v) is 6.72. The maximum absolute atomic E-state index is 12.0. The van der Waals surface area contributed by atoms with Gasteiger partial charge in [-0.25, -0.2) is 15.0 Å². The van der Waals surface area contributed by atoms with E-state index in [-0.39, 0.29) is 27.1 Å². The van der Waals surface area contributed by atoms with E-state index in [9.17, 15) is 26.3 Å². The minimum atomic E-state index is -4.34. The molecule has 0 aliphatic heterocycles. The molecule has 0 saturated carbocycles. The van der Waals surface area contributed by atoms with Gasteiger partial charge in [-0.15, -0.1) is 0 Å². The second-order valence-electron chi connectivity index (χ2n) is 5.68. The summed E-state index contributed by atoms with van der Waals surface area (Å²) in [6.07, 6.45) is -5.73. The van der Waals surface area contributed by atoms with Gasteiger partial charge in [0.25, 0.3) is 0 Å². The molecule has 0 aliphatic rings. The lowest BCUT2D eigenvalue weighted by Gasteiger charge is -2.08. The third-order valence-electron chi connectivity index (χ3n) is 3.20. The van der Waals surface area contributed by atoms with Crippen molar-refractivity contribution >= 4 is 62.8 Å². The van der Waals surface area contributed by atoms with Gasteiger partial charge in [0.1, 0.15) is 17.6 Å². The first-order valence-corrected chi connectivity index (χ1v) is 9.47. The quantitative estimate of drug-likeness (QED) is 0.184. The summed E-state index contributed by atoms with van der Waals surface area (Å²) in [5, 5.41) is 2.33. The SMILES string of the molecule is Clc1nc(Cl)c2occc2n1.FC(F)(F)CNc1nc(Cl)nc2ccoc12.NCC(F)(F)F. The molecular formula is C16H11Cl3F6N6O2. The third-order valence-corrected chi connectivity index (χ3v) is 3.79. The molecule has 4 heterocycles. The third kappa shape index (κ3) is 8.72. The van der Waals surface area contributed by atoms with Crippen LogP contribution < -0.4 is 11.1 Å². The van der Waals surface area contributed by atoms with Gasteiger partial charge in [-0.2, -0.15) is 31.3 Å². The first kappa shape index (κ1) is 26.7. The van der Waals surface area contributed by atoms with Crippen LogP contribution in [0.2, 0.25) is 15.7 Å². The molecule has 0 amide bonds. The molecule has 4 aromatic heterocycles. The Kier molecular flexibility index (Phi) is 8.94. The van der Waals surface area contributed by atoms with Crippen molar-refractivity contribution in [1.29, 1.82) is 0 Å². The average Bonchev–Trinajstić information content (AvgIpc) is 3.35. The summed E-state index contributed by atoms with van der Waals surface area (Å²) < 4.78 is 77.9. The van der Waals surface area contributed by atoms with Gasteiger partial charge in [0.15, 0.2) is 22.1 Å². The highest BCUT2D eigenvalue weighted by Crippen LogP contribution is 2.25. The van der Waals surface area contributed by atoms with E-state index in [0.29, 0.717) is 16.6 Å². The van der Waals surface area contributed by atoms with E-state index >= 15 is 0 Å². The summed E-state index contributed by atoms with van der Waals surface area (Å²) in [7, 11) is 0. The van der Waals surface area contributed by atoms with Gasteiger partial charge < -0.3 is 19.9 Å². The van der Waals surface area contributed by atoms with Crippen LogP contribution in [-0.4, -0.2) is 45.4 Å². The topological polar surface area (TPSA) is 116 Å². The van der Waals surface area contributed by atoms with Crippen molar-refractivity contribution in [3.05, 3.63) is 40.4 Å². The van der Waals surface area contributed by atoms with E-state index in [1.54, 1.807) is 6.07 Å². The first-order valence-electron chi connectivity index (χ1n) is 8.33. The zero-order chi connectivity index (χ0) is 24.8. The molecule has 0 atom stereocenters. The Labute approximate surface area is 195 Å². The number of hydrogen-bond donors (Lipinski definition) is 2. The Balaban J connectivity index is 0.000000196. The maximum atomic E-state index is 12.0. The highest BCUT2D eigenvalue weighted by Gasteiger charge is 2.27. The zero-order valence-electron chi connectivity index (χ0n) is 15.8. The molecule has 0 radical (unpaired) electrons. The molecule has 3 N–H and O–H groups in total. The smallest absolute Gasteiger partial charge is 0.405 e. The van der Waals surface area contributed by atoms with Crippen LogP contribution >= 0.6 is 34.8 Å². The fourth-order valence-electron chi connectivity index (χ4n) is 1.94. The van der Waals surface area contributed by atoms with Gasteiger partial charge in [0, 0.05) is 12.1 Å². The normalized spacial score (nSPS) is 11.6. The van der Waals surface area contributed by atoms with Crippen LogP contribution in [0.15, 0.2) is 33.5 Å². The molecule has 0 unspecified atom stereocenters. The monoisotopic (exact) mass is 538 g/mol. The van der Waals surface area contributed by atoms with Crippen molar-refractivity contribution in [2.45, 2.75) is 12.4 Å². The molecule has 4 rings (SSSR count). The fourth-order valence-corrected chi connectivity index (χ4v) is 2.56. The Hall–Kier alpha value is -2.55. The number of alkyl halides is 6. The van der Waals surface area contributed by atoms with Crippen molar-refractivity contribution in [1.82, 2.24) is 19.9 Å². The fraction of sp³-hybridized carbons (Fsp3) is 0.250. The second kappa shape index (κ2) is 11.0. The molecule has 0 fully saturated rings. The van der Waals surface area contributed by atoms with Gasteiger partial charge in [0.2, 0.25) is 10.6 Å². The number of fused-ring (bicyclic) bond motifs is 2. The molecule has 4 aromatic rings. The Morgan fingerprint density at radius 1 is 0.788 bits per heavy atom. The summed E-state index contributed by atoms with van der Waals surface area (Å²) in [6.45, 7) is -2.44. The Morgan fingerprint density at radius 3 is 1.79 bits per heavy atom. The number of nitrogens with two attached hydrogens (primary N) is 1. The molecule has 33 heavy (non-hydrogen) atoms. The van der Waals surface area contributed by atoms with E-state index < -0.39 is 25.4 Å². The van der Waals surface area contributed by atoms with Crippen LogP contribution in [0.4, 0.5) is 32.2 Å². The lowest BCUT2D eigenvalue weighted by atomic mass is 10.4. The molecule has 0 spiro atoms. The average molecular weight is 540 g/mol. The van der Waals surface area contributed by atoms with E-state index in [1.807, 2.05) is 0 Å². The van der Waals surface area contributed by atoms with Crippen molar-refractivity contribution in [3.8, 4) is 0 Å². The van der Waals surface area contributed by atoms with Gasteiger partial charge >= 0.3 is 12.4 Å². The lowest BCUT2D eigenvalue weighted by Crippen LogP contribution is -2.21. The maximum Gasteiger partial charge on any atom is 0.405 e. The molecule has 17 heteroatoms. The minimum absolute atomic E-state index is 0.0719. The Bertz CT molecular complexity index is 1200. The van der Waals surface area contributed by atoms with Crippen molar-refractivity contribution in [3.63, 3.8) is 0 Å². The summed E-state index contributed by atoms with van der Waals surface area (Å²) >= 11 is 16.8. The summed E-state index contributed by atoms with van der Waals surface area (Å²) in [5.74, 6) is -0.0719. The number of hydrogen-bond acceptors (Lipinski definition) is 8. The molecular weight excluding hydrogens is 529 g/mol. The highest BCUT2D eigenvalue weighted by atomic mass is 35.5. The molecule has 0 aromatic carbocycles. The van der Waals surface area contributed by atoms with Gasteiger partial charge in [-0.1, -0.05) is 11.6 Å². The van der Waals surface area contributed by atoms with Crippen LogP contribution in [0.3, 0.4) is 0 Å². The number of anilines is 1. The number of aromatic nitrogens is 4. The number of halogens is 9. The number of rotatable bonds is 2. The van der Waals surface area contributed by atoms with Crippen LogP contribution in [0.5, 0.6) is 0 Å². The first-order chi connectivity index (χ1) is 15.3. The van der Waals surface area contributed by atoms with Crippen molar-refractivity contribution < 1.29 is 35.2 Å². The largest absolute Gasteiger partial charge is 0.459 e. The van der Waals surface area contributed by atoms with Crippen LogP contribution in [-0.2, 0) is 0 Å². The number of nitrogens with zero attached hydrogens (tertiary/aromatic N) is 4. The van der Waals surface area contributed by atoms with E-state index in [2.05, 4.69) is 31.0 Å². The molecule has 0 bridgehead atoms. The molecule has 8 nitrogen and oxygen atoms in total. The van der Waals surface area contributed by atoms with Crippen LogP contribution in [0.25, 0.3) is 22.2 Å². The minimum Gasteiger partial charge on any atom is -0.459 e. The lowest BCUT2D eigenvalue weighted by molar-refractivity contribution is -0.118. The summed E-state index contributed by atoms with van der Waals surface area (Å²) in [6, 6.07) is 3.16. The predicted molar refractivity (Wildman–Crippen MR) is 108 cm³/mol. The van der Waals surface area contributed by atoms with Gasteiger partial charge in [0.05, 0.1) is 19.1 Å². The molecule has 180 valence electrons. The van der Waals surface area contributed by atoms with Crippen LogP contribution in [0, 0.1) is 0 Å². The predicted octanol–water partition coefficient (Wildman–Crippen LogP) is 5.89. The highest BCUT2D eigenvalue weighted by molar-refractivity contribution is 6.35. The zero-order valence-corrected chi connectivity index (χ0v) is 18.1. The number of nitrogens with one attached hydrogen (secondary N) is 1. The summed E-state index contributed by atoms with van der Waals surface area (Å²) in [4.78, 5) is 15.0.